The van der Waals surface area contributed by atoms with Crippen LogP contribution in [0.4, 0.5) is 0 Å². The summed E-state index contributed by atoms with van der Waals surface area (Å²) in [5.41, 5.74) is -0.356. The van der Waals surface area contributed by atoms with Crippen molar-refractivity contribution in [2.75, 3.05) is 0 Å². The minimum atomic E-state index is -2.06. The van der Waals surface area contributed by atoms with Crippen LogP contribution in [0.15, 0.2) is 60.7 Å². The molecule has 0 unspecified atom stereocenters. The molecule has 0 saturated heterocycles. The zero-order valence-corrected chi connectivity index (χ0v) is 16.2. The first kappa shape index (κ1) is 17.8. The van der Waals surface area contributed by atoms with E-state index in [1.165, 1.54) is 10.8 Å². The van der Waals surface area contributed by atoms with Crippen molar-refractivity contribution in [3.8, 4) is 0 Å². The molecule has 0 saturated carbocycles. The van der Waals surface area contributed by atoms with E-state index in [-0.39, 0.29) is 10.5 Å². The molecule has 0 spiro atoms. The van der Waals surface area contributed by atoms with Crippen LogP contribution in [0.3, 0.4) is 0 Å². The van der Waals surface area contributed by atoms with Crippen molar-refractivity contribution in [1.82, 2.24) is 0 Å². The number of carbonyl (C=O) groups is 1. The van der Waals surface area contributed by atoms with E-state index in [2.05, 4.69) is 24.3 Å². The van der Waals surface area contributed by atoms with E-state index < -0.39 is 5.24 Å². The monoisotopic (exact) mass is 366 g/mol. The molecule has 0 fully saturated rings. The van der Waals surface area contributed by atoms with Gasteiger partial charge in [-0.15, -0.1) is 0 Å². The largest absolute Gasteiger partial charge is 0.286 e. The van der Waals surface area contributed by atoms with E-state index in [4.69, 9.17) is 11.8 Å². The Balaban J connectivity index is 2.36. The normalized spacial score (nSPS) is 12.1. The Kier molecular flexibility index (Phi) is 5.95. The molecule has 0 radical (unpaired) electrons. The number of carbonyl (C=O) groups excluding carboxylic acids is 1. The molecule has 0 heterocycles. The third-order valence-electron chi connectivity index (χ3n) is 3.02. The Bertz CT molecular complexity index is 635. The van der Waals surface area contributed by atoms with Gasteiger partial charge >= 0.3 is 0 Å². The third kappa shape index (κ3) is 4.26. The fourth-order valence-electron chi connectivity index (χ4n) is 1.69. The smallest absolute Gasteiger partial charge is 0.205 e. The summed E-state index contributed by atoms with van der Waals surface area (Å²) < 4.78 is 0. The lowest BCUT2D eigenvalue weighted by atomic mass is 10.00. The van der Waals surface area contributed by atoms with Crippen molar-refractivity contribution in [2.45, 2.75) is 20.8 Å². The van der Waals surface area contributed by atoms with Crippen molar-refractivity contribution in [3.05, 3.63) is 60.7 Å². The van der Waals surface area contributed by atoms with Crippen LogP contribution < -0.4 is 10.6 Å². The van der Waals surface area contributed by atoms with Crippen LogP contribution in [-0.2, 0) is 16.6 Å². The van der Waals surface area contributed by atoms with E-state index in [1.807, 2.05) is 57.2 Å². The SMILES string of the molecule is CC(C)(C)C(=O)SSP(=S)(c1ccccc1)c1ccccc1. The summed E-state index contributed by atoms with van der Waals surface area (Å²) in [7, 11) is 2.86. The molecule has 2 rings (SSSR count). The molecule has 2 aromatic carbocycles. The molecule has 0 aliphatic carbocycles. The van der Waals surface area contributed by atoms with Crippen LogP contribution in [-0.4, -0.2) is 5.12 Å². The molecule has 0 aliphatic heterocycles. The Morgan fingerprint density at radius 2 is 1.32 bits per heavy atom. The van der Waals surface area contributed by atoms with E-state index in [9.17, 15) is 4.79 Å². The summed E-state index contributed by atoms with van der Waals surface area (Å²) in [5, 5.41) is 0.379. The van der Waals surface area contributed by atoms with Gasteiger partial charge in [0.15, 0.2) is 0 Å². The highest BCUT2D eigenvalue weighted by Gasteiger charge is 2.28. The molecular weight excluding hydrogens is 347 g/mol. The summed E-state index contributed by atoms with van der Waals surface area (Å²) in [4.78, 5) is 12.3. The molecule has 22 heavy (non-hydrogen) atoms. The Labute approximate surface area is 145 Å². The molecular formula is C17H19OPS3. The first-order valence-corrected chi connectivity index (χ1v) is 12.5. The fourth-order valence-corrected chi connectivity index (χ4v) is 10.9. The standard InChI is InChI=1S/C17H19OPS3/c1-17(2,3)16(18)21-22-19(20,14-10-6-4-7-11-14)15-12-8-5-9-13-15/h4-13H,1-3H3. The maximum atomic E-state index is 12.3. The van der Waals surface area contributed by atoms with E-state index in [1.54, 1.807) is 10.4 Å². The number of rotatable bonds is 4. The van der Waals surface area contributed by atoms with E-state index in [0.717, 1.165) is 10.6 Å². The van der Waals surface area contributed by atoms with Crippen molar-refractivity contribution in [3.63, 3.8) is 0 Å². The summed E-state index contributed by atoms with van der Waals surface area (Å²) in [6.07, 6.45) is 0. The highest BCUT2D eigenvalue weighted by atomic mass is 33.4. The van der Waals surface area contributed by atoms with Gasteiger partial charge in [0.2, 0.25) is 5.12 Å². The lowest BCUT2D eigenvalue weighted by molar-refractivity contribution is -0.117. The maximum absolute atomic E-state index is 12.3. The quantitative estimate of drug-likeness (QED) is 0.560. The van der Waals surface area contributed by atoms with Crippen LogP contribution in [0, 0.1) is 5.41 Å². The summed E-state index contributed by atoms with van der Waals surface area (Å²) >= 11 is 6.08. The third-order valence-corrected chi connectivity index (χ3v) is 14.1. The van der Waals surface area contributed by atoms with Crippen molar-refractivity contribution in [1.29, 1.82) is 0 Å². The molecule has 0 aliphatic rings. The van der Waals surface area contributed by atoms with Gasteiger partial charge in [-0.05, 0) is 31.8 Å². The van der Waals surface area contributed by atoms with Gasteiger partial charge in [-0.25, -0.2) is 0 Å². The fraction of sp³-hybridized carbons (Fsp3) is 0.235. The maximum Gasteiger partial charge on any atom is 0.205 e. The average Bonchev–Trinajstić information content (AvgIpc) is 2.53. The molecule has 2 aromatic rings. The summed E-state index contributed by atoms with van der Waals surface area (Å²) in [6, 6.07) is 20.3. The highest BCUT2D eigenvalue weighted by molar-refractivity contribution is 9.09. The second-order valence-electron chi connectivity index (χ2n) is 5.92. The molecule has 5 heteroatoms. The van der Waals surface area contributed by atoms with Crippen LogP contribution in [0.25, 0.3) is 0 Å². The predicted molar refractivity (Wildman–Crippen MR) is 106 cm³/mol. The topological polar surface area (TPSA) is 17.1 Å². The van der Waals surface area contributed by atoms with E-state index >= 15 is 0 Å². The molecule has 0 bridgehead atoms. The molecule has 1 nitrogen and oxygen atoms in total. The predicted octanol–water partition coefficient (Wildman–Crippen LogP) is 4.99. The van der Waals surface area contributed by atoms with Gasteiger partial charge in [-0.3, -0.25) is 4.79 Å². The summed E-state index contributed by atoms with van der Waals surface area (Å²) in [6.45, 7) is 5.83. The van der Waals surface area contributed by atoms with Gasteiger partial charge in [0, 0.05) is 5.41 Å². The van der Waals surface area contributed by atoms with Crippen molar-refractivity contribution >= 4 is 54.0 Å². The second kappa shape index (κ2) is 7.35. The molecule has 0 N–H and O–H groups in total. The first-order valence-electron chi connectivity index (χ1n) is 6.96. The van der Waals surface area contributed by atoms with Crippen LogP contribution in [0.1, 0.15) is 20.8 Å². The first-order chi connectivity index (χ1) is 10.3. The van der Waals surface area contributed by atoms with Gasteiger partial charge in [-0.1, -0.05) is 93.2 Å². The lowest BCUT2D eigenvalue weighted by Crippen LogP contribution is -2.17. The summed E-state index contributed by atoms with van der Waals surface area (Å²) in [5.74, 6) is 0. The lowest BCUT2D eigenvalue weighted by Gasteiger charge is -2.23. The zero-order valence-electron chi connectivity index (χ0n) is 12.9. The minimum Gasteiger partial charge on any atom is -0.286 e. The number of benzene rings is 2. The Hall–Kier alpha value is -0.540. The molecule has 0 amide bonds. The van der Waals surface area contributed by atoms with Crippen LogP contribution in [0.5, 0.6) is 0 Å². The van der Waals surface area contributed by atoms with Crippen LogP contribution >= 0.6 is 26.4 Å². The number of hydrogen-bond donors (Lipinski definition) is 0. The average molecular weight is 367 g/mol. The Morgan fingerprint density at radius 3 is 1.68 bits per heavy atom. The van der Waals surface area contributed by atoms with Crippen LogP contribution in [0.2, 0.25) is 0 Å². The van der Waals surface area contributed by atoms with Gasteiger partial charge in [0.1, 0.15) is 0 Å². The van der Waals surface area contributed by atoms with E-state index in [0.29, 0.717) is 0 Å². The Morgan fingerprint density at radius 1 is 0.909 bits per heavy atom. The van der Waals surface area contributed by atoms with Crippen molar-refractivity contribution < 1.29 is 4.79 Å². The van der Waals surface area contributed by atoms with Gasteiger partial charge in [0.25, 0.3) is 0 Å². The molecule has 116 valence electrons. The minimum absolute atomic E-state index is 0.165. The number of hydrogen-bond acceptors (Lipinski definition) is 4. The van der Waals surface area contributed by atoms with Crippen molar-refractivity contribution in [2.24, 2.45) is 5.41 Å². The highest BCUT2D eigenvalue weighted by Crippen LogP contribution is 2.62. The van der Waals surface area contributed by atoms with Gasteiger partial charge in [0.05, 0.1) is 5.24 Å². The molecule has 0 aromatic heterocycles. The zero-order chi connectivity index (χ0) is 16.2. The van der Waals surface area contributed by atoms with Gasteiger partial charge < -0.3 is 0 Å². The second-order valence-corrected chi connectivity index (χ2v) is 15.0. The molecule has 0 atom stereocenters. The van der Waals surface area contributed by atoms with Gasteiger partial charge in [-0.2, -0.15) is 0 Å².